The summed E-state index contributed by atoms with van der Waals surface area (Å²) in [6.07, 6.45) is 2.90. The summed E-state index contributed by atoms with van der Waals surface area (Å²) in [5, 5.41) is 8.93. The quantitative estimate of drug-likeness (QED) is 0.676. The average molecular weight is 362 g/mol. The fourth-order valence-electron chi connectivity index (χ4n) is 3.66. The molecule has 2 aromatic carbocycles. The van der Waals surface area contributed by atoms with Gasteiger partial charge in [-0.3, -0.25) is 4.90 Å². The van der Waals surface area contributed by atoms with E-state index in [1.54, 1.807) is 7.11 Å². The zero-order valence-corrected chi connectivity index (χ0v) is 15.8. The van der Waals surface area contributed by atoms with Crippen LogP contribution >= 0.6 is 0 Å². The maximum Gasteiger partial charge on any atom is 0.134 e. The van der Waals surface area contributed by atoms with Crippen LogP contribution in [0.5, 0.6) is 5.75 Å². The lowest BCUT2D eigenvalue weighted by atomic mass is 10.1. The Hall–Kier alpha value is -2.66. The van der Waals surface area contributed by atoms with Gasteiger partial charge < -0.3 is 9.30 Å². The highest BCUT2D eigenvalue weighted by Gasteiger charge is 2.18. The third-order valence-corrected chi connectivity index (χ3v) is 5.24. The zero-order chi connectivity index (χ0) is 18.5. The Balaban J connectivity index is 1.37. The molecule has 5 nitrogen and oxygen atoms in total. The van der Waals surface area contributed by atoms with Crippen molar-refractivity contribution in [3.63, 3.8) is 0 Å². The molecule has 4 rings (SSSR count). The van der Waals surface area contributed by atoms with E-state index in [1.807, 2.05) is 12.1 Å². The highest BCUT2D eigenvalue weighted by molar-refractivity contribution is 5.27. The van der Waals surface area contributed by atoms with Crippen molar-refractivity contribution in [2.24, 2.45) is 0 Å². The van der Waals surface area contributed by atoms with Crippen LogP contribution in [0.4, 0.5) is 0 Å². The van der Waals surface area contributed by atoms with Crippen LogP contribution < -0.4 is 4.74 Å². The maximum absolute atomic E-state index is 5.25. The maximum atomic E-state index is 5.25. The molecule has 1 aliphatic rings. The molecule has 1 aliphatic heterocycles. The van der Waals surface area contributed by atoms with Crippen LogP contribution in [0.25, 0.3) is 0 Å². The monoisotopic (exact) mass is 362 g/mol. The van der Waals surface area contributed by atoms with E-state index in [9.17, 15) is 0 Å². The molecular formula is C22H26N4O. The standard InChI is InChI=1S/C22H26N4O/c1-27-20-10-7-19(8-11-20)17-25-14-13-22-24-23-21(26(22)16-15-25)12-9-18-5-3-2-4-6-18/h2-8,10-11H,9,12-17H2,1H3. The van der Waals surface area contributed by atoms with E-state index in [0.717, 1.165) is 62.8 Å². The Morgan fingerprint density at radius 1 is 0.852 bits per heavy atom. The molecule has 1 aromatic heterocycles. The number of aromatic nitrogens is 3. The van der Waals surface area contributed by atoms with Gasteiger partial charge in [0, 0.05) is 39.0 Å². The first-order valence-electron chi connectivity index (χ1n) is 9.62. The van der Waals surface area contributed by atoms with Gasteiger partial charge in [-0.2, -0.15) is 0 Å². The van der Waals surface area contributed by atoms with Crippen LogP contribution in [-0.4, -0.2) is 39.9 Å². The molecule has 140 valence electrons. The molecule has 0 fully saturated rings. The van der Waals surface area contributed by atoms with Crippen molar-refractivity contribution in [3.05, 3.63) is 77.4 Å². The van der Waals surface area contributed by atoms with Crippen molar-refractivity contribution in [1.82, 2.24) is 19.7 Å². The van der Waals surface area contributed by atoms with Crippen LogP contribution in [0.3, 0.4) is 0 Å². The third kappa shape index (κ3) is 4.37. The number of rotatable bonds is 6. The number of nitrogens with zero attached hydrogens (tertiary/aromatic N) is 4. The lowest BCUT2D eigenvalue weighted by molar-refractivity contribution is 0.270. The molecule has 0 aliphatic carbocycles. The molecule has 3 aromatic rings. The van der Waals surface area contributed by atoms with Crippen LogP contribution in [0, 0.1) is 0 Å². The smallest absolute Gasteiger partial charge is 0.134 e. The van der Waals surface area contributed by atoms with Gasteiger partial charge in [0.25, 0.3) is 0 Å². The normalized spacial score (nSPS) is 14.6. The van der Waals surface area contributed by atoms with E-state index in [1.165, 1.54) is 11.1 Å². The summed E-state index contributed by atoms with van der Waals surface area (Å²) < 4.78 is 7.58. The van der Waals surface area contributed by atoms with Gasteiger partial charge in [-0.1, -0.05) is 42.5 Å². The fourth-order valence-corrected chi connectivity index (χ4v) is 3.66. The third-order valence-electron chi connectivity index (χ3n) is 5.24. The van der Waals surface area contributed by atoms with Crippen molar-refractivity contribution in [1.29, 1.82) is 0 Å². The second kappa shape index (κ2) is 8.35. The number of benzene rings is 2. The highest BCUT2D eigenvalue weighted by Crippen LogP contribution is 2.16. The fraction of sp³-hybridized carbons (Fsp3) is 0.364. The van der Waals surface area contributed by atoms with Crippen LogP contribution in [-0.2, 0) is 32.4 Å². The minimum atomic E-state index is 0.906. The predicted molar refractivity (Wildman–Crippen MR) is 106 cm³/mol. The molecule has 0 saturated carbocycles. The van der Waals surface area contributed by atoms with E-state index in [-0.39, 0.29) is 0 Å². The van der Waals surface area contributed by atoms with Crippen molar-refractivity contribution in [2.45, 2.75) is 32.4 Å². The molecule has 0 saturated heterocycles. The second-order valence-electron chi connectivity index (χ2n) is 7.04. The summed E-state index contributed by atoms with van der Waals surface area (Å²) in [7, 11) is 1.70. The van der Waals surface area contributed by atoms with E-state index in [0.29, 0.717) is 0 Å². The molecule has 2 heterocycles. The first-order valence-corrected chi connectivity index (χ1v) is 9.62. The molecule has 0 spiro atoms. The van der Waals surface area contributed by atoms with E-state index < -0.39 is 0 Å². The Kier molecular flexibility index (Phi) is 5.49. The number of hydrogen-bond donors (Lipinski definition) is 0. The Bertz CT molecular complexity index is 858. The van der Waals surface area contributed by atoms with Gasteiger partial charge in [-0.25, -0.2) is 0 Å². The first-order chi connectivity index (χ1) is 13.3. The van der Waals surface area contributed by atoms with Crippen LogP contribution in [0.15, 0.2) is 54.6 Å². The summed E-state index contributed by atoms with van der Waals surface area (Å²) in [5.41, 5.74) is 2.67. The van der Waals surface area contributed by atoms with E-state index in [4.69, 9.17) is 4.74 Å². The van der Waals surface area contributed by atoms with Crippen LogP contribution in [0.2, 0.25) is 0 Å². The van der Waals surface area contributed by atoms with Gasteiger partial charge in [0.1, 0.15) is 17.4 Å². The molecular weight excluding hydrogens is 336 g/mol. The summed E-state index contributed by atoms with van der Waals surface area (Å²) in [5.74, 6) is 3.14. The Morgan fingerprint density at radius 2 is 1.67 bits per heavy atom. The minimum Gasteiger partial charge on any atom is -0.497 e. The number of aryl methyl sites for hydroxylation is 2. The lowest BCUT2D eigenvalue weighted by Gasteiger charge is -2.19. The molecule has 0 amide bonds. The molecule has 0 radical (unpaired) electrons. The molecule has 5 heteroatoms. The molecule has 0 bridgehead atoms. The topological polar surface area (TPSA) is 43.2 Å². The Morgan fingerprint density at radius 3 is 2.44 bits per heavy atom. The van der Waals surface area contributed by atoms with Gasteiger partial charge in [-0.15, -0.1) is 10.2 Å². The molecule has 27 heavy (non-hydrogen) atoms. The predicted octanol–water partition coefficient (Wildman–Crippen LogP) is 3.13. The zero-order valence-electron chi connectivity index (χ0n) is 15.8. The van der Waals surface area contributed by atoms with Crippen LogP contribution in [0.1, 0.15) is 22.8 Å². The van der Waals surface area contributed by atoms with E-state index in [2.05, 4.69) is 62.1 Å². The Labute approximate surface area is 160 Å². The van der Waals surface area contributed by atoms with Crippen molar-refractivity contribution in [2.75, 3.05) is 20.2 Å². The average Bonchev–Trinajstić information content (AvgIpc) is 3.00. The summed E-state index contributed by atoms with van der Waals surface area (Å²) in [6, 6.07) is 19.0. The number of methoxy groups -OCH3 is 1. The number of hydrogen-bond acceptors (Lipinski definition) is 4. The highest BCUT2D eigenvalue weighted by atomic mass is 16.5. The molecule has 0 unspecified atom stereocenters. The summed E-state index contributed by atoms with van der Waals surface area (Å²) in [4.78, 5) is 2.50. The van der Waals surface area contributed by atoms with Crippen molar-refractivity contribution >= 4 is 0 Å². The van der Waals surface area contributed by atoms with E-state index >= 15 is 0 Å². The SMILES string of the molecule is COc1ccc(CN2CCc3nnc(CCc4ccccc4)n3CC2)cc1. The van der Waals surface area contributed by atoms with Gasteiger partial charge in [0.15, 0.2) is 0 Å². The summed E-state index contributed by atoms with van der Waals surface area (Å²) >= 11 is 0. The first kappa shape index (κ1) is 17.7. The van der Waals surface area contributed by atoms with Gasteiger partial charge in [-0.05, 0) is 29.7 Å². The van der Waals surface area contributed by atoms with Gasteiger partial charge in [0.05, 0.1) is 7.11 Å². The second-order valence-corrected chi connectivity index (χ2v) is 7.04. The minimum absolute atomic E-state index is 0.906. The summed E-state index contributed by atoms with van der Waals surface area (Å²) in [6.45, 7) is 3.96. The van der Waals surface area contributed by atoms with Gasteiger partial charge in [0.2, 0.25) is 0 Å². The van der Waals surface area contributed by atoms with Crippen molar-refractivity contribution < 1.29 is 4.74 Å². The molecule has 0 N–H and O–H groups in total. The molecule has 0 atom stereocenters. The number of ether oxygens (including phenoxy) is 1. The lowest BCUT2D eigenvalue weighted by Crippen LogP contribution is -2.26. The number of fused-ring (bicyclic) bond motifs is 1. The van der Waals surface area contributed by atoms with Crippen molar-refractivity contribution in [3.8, 4) is 5.75 Å². The largest absolute Gasteiger partial charge is 0.497 e. The van der Waals surface area contributed by atoms with Gasteiger partial charge >= 0.3 is 0 Å².